The number of benzene rings is 1. The van der Waals surface area contributed by atoms with Crippen molar-refractivity contribution in [2.75, 3.05) is 18.0 Å². The third-order valence-corrected chi connectivity index (χ3v) is 2.46. The lowest BCUT2D eigenvalue weighted by molar-refractivity contribution is 0.745. The molecule has 0 saturated carbocycles. The maximum absolute atomic E-state index is 5.34. The molecule has 0 aliphatic rings. The van der Waals surface area contributed by atoms with Crippen molar-refractivity contribution in [2.45, 2.75) is 26.7 Å². The second kappa shape index (κ2) is 6.78. The first kappa shape index (κ1) is 13.4. The van der Waals surface area contributed by atoms with Crippen molar-refractivity contribution in [1.82, 2.24) is 0 Å². The molecule has 0 fully saturated rings. The van der Waals surface area contributed by atoms with Gasteiger partial charge in [-0.05, 0) is 37.1 Å². The molecule has 1 aromatic rings. The van der Waals surface area contributed by atoms with Crippen molar-refractivity contribution >= 4 is 17.3 Å². The van der Waals surface area contributed by atoms with Crippen molar-refractivity contribution in [1.29, 1.82) is 0 Å². The Morgan fingerprint density at radius 2 is 1.59 bits per heavy atom. The highest BCUT2D eigenvalue weighted by Gasteiger charge is 2.03. The van der Waals surface area contributed by atoms with Gasteiger partial charge in [0.15, 0.2) is 5.96 Å². The van der Waals surface area contributed by atoms with E-state index in [4.69, 9.17) is 11.5 Å². The van der Waals surface area contributed by atoms with Crippen LogP contribution in [0.15, 0.2) is 29.3 Å². The number of hydrogen-bond donors (Lipinski definition) is 2. The van der Waals surface area contributed by atoms with Crippen LogP contribution in [0.1, 0.15) is 26.7 Å². The topological polar surface area (TPSA) is 67.6 Å². The molecule has 0 unspecified atom stereocenters. The van der Waals surface area contributed by atoms with E-state index >= 15 is 0 Å². The van der Waals surface area contributed by atoms with Gasteiger partial charge in [0, 0.05) is 18.8 Å². The largest absolute Gasteiger partial charge is 0.372 e. The van der Waals surface area contributed by atoms with Crippen LogP contribution in [-0.2, 0) is 0 Å². The van der Waals surface area contributed by atoms with Crippen LogP contribution in [0.3, 0.4) is 0 Å². The molecule has 0 spiro atoms. The minimum Gasteiger partial charge on any atom is -0.372 e. The Morgan fingerprint density at radius 1 is 1.06 bits per heavy atom. The highest BCUT2D eigenvalue weighted by Crippen LogP contribution is 2.20. The number of nitrogens with zero attached hydrogens (tertiary/aromatic N) is 2. The van der Waals surface area contributed by atoms with E-state index in [9.17, 15) is 0 Å². The zero-order valence-corrected chi connectivity index (χ0v) is 10.7. The Hall–Kier alpha value is -1.71. The van der Waals surface area contributed by atoms with E-state index in [0.29, 0.717) is 0 Å². The van der Waals surface area contributed by atoms with Crippen molar-refractivity contribution in [2.24, 2.45) is 16.5 Å². The predicted octanol–water partition coefficient (Wildman–Crippen LogP) is 2.22. The van der Waals surface area contributed by atoms with E-state index in [2.05, 4.69) is 35.9 Å². The molecular weight excluding hydrogens is 212 g/mol. The highest BCUT2D eigenvalue weighted by atomic mass is 15.1. The third kappa shape index (κ3) is 4.34. The van der Waals surface area contributed by atoms with E-state index in [1.54, 1.807) is 0 Å². The van der Waals surface area contributed by atoms with Crippen molar-refractivity contribution in [3.05, 3.63) is 24.3 Å². The molecule has 0 saturated heterocycles. The molecule has 4 nitrogen and oxygen atoms in total. The highest BCUT2D eigenvalue weighted by molar-refractivity contribution is 5.79. The zero-order valence-electron chi connectivity index (χ0n) is 10.7. The monoisotopic (exact) mass is 234 g/mol. The van der Waals surface area contributed by atoms with Crippen LogP contribution in [0, 0.1) is 0 Å². The number of rotatable bonds is 6. The van der Waals surface area contributed by atoms with Gasteiger partial charge >= 0.3 is 0 Å². The summed E-state index contributed by atoms with van der Waals surface area (Å²) in [6.07, 6.45) is 2.30. The summed E-state index contributed by atoms with van der Waals surface area (Å²) >= 11 is 0. The van der Waals surface area contributed by atoms with Gasteiger partial charge in [0.25, 0.3) is 0 Å². The third-order valence-electron chi connectivity index (χ3n) is 2.46. The molecule has 0 atom stereocenters. The summed E-state index contributed by atoms with van der Waals surface area (Å²) in [5, 5.41) is 0. The molecule has 94 valence electrons. The molecule has 0 aliphatic carbocycles. The Labute approximate surface area is 103 Å². The van der Waals surface area contributed by atoms with Gasteiger partial charge in [0.05, 0.1) is 5.69 Å². The van der Waals surface area contributed by atoms with E-state index in [1.807, 2.05) is 12.1 Å². The molecular formula is C13H22N4. The first-order valence-electron chi connectivity index (χ1n) is 6.12. The Kier molecular flexibility index (Phi) is 5.33. The van der Waals surface area contributed by atoms with E-state index in [-0.39, 0.29) is 5.96 Å². The summed E-state index contributed by atoms with van der Waals surface area (Å²) in [7, 11) is 0. The lowest BCUT2D eigenvalue weighted by Gasteiger charge is -2.23. The first-order chi connectivity index (χ1) is 8.17. The average Bonchev–Trinajstić information content (AvgIpc) is 2.29. The first-order valence-corrected chi connectivity index (χ1v) is 6.12. The average molecular weight is 234 g/mol. The number of guanidine groups is 1. The number of aliphatic imine (C=N–C) groups is 1. The van der Waals surface area contributed by atoms with Gasteiger partial charge in [-0.1, -0.05) is 13.8 Å². The van der Waals surface area contributed by atoms with Crippen LogP contribution < -0.4 is 16.4 Å². The van der Waals surface area contributed by atoms with Crippen molar-refractivity contribution in [3.8, 4) is 0 Å². The van der Waals surface area contributed by atoms with Gasteiger partial charge in [-0.3, -0.25) is 0 Å². The minimum atomic E-state index is 0.0942. The fourth-order valence-electron chi connectivity index (χ4n) is 1.80. The summed E-state index contributed by atoms with van der Waals surface area (Å²) in [5.74, 6) is 0.0942. The number of hydrogen-bond acceptors (Lipinski definition) is 2. The van der Waals surface area contributed by atoms with Gasteiger partial charge < -0.3 is 16.4 Å². The van der Waals surface area contributed by atoms with E-state index in [0.717, 1.165) is 31.6 Å². The Morgan fingerprint density at radius 3 is 2.00 bits per heavy atom. The molecule has 0 aromatic heterocycles. The fraction of sp³-hybridized carbons (Fsp3) is 0.462. The Bertz CT molecular complexity index is 346. The quantitative estimate of drug-likeness (QED) is 0.586. The van der Waals surface area contributed by atoms with Crippen molar-refractivity contribution < 1.29 is 0 Å². The molecule has 0 heterocycles. The lowest BCUT2D eigenvalue weighted by Crippen LogP contribution is -2.24. The molecule has 0 bridgehead atoms. The van der Waals surface area contributed by atoms with E-state index in [1.165, 1.54) is 5.69 Å². The van der Waals surface area contributed by atoms with Gasteiger partial charge in [-0.15, -0.1) is 0 Å². The second-order valence-electron chi connectivity index (χ2n) is 4.04. The Balaban J connectivity index is 2.80. The van der Waals surface area contributed by atoms with Gasteiger partial charge in [-0.2, -0.15) is 0 Å². The van der Waals surface area contributed by atoms with E-state index < -0.39 is 0 Å². The maximum Gasteiger partial charge on any atom is 0.191 e. The normalized spacial score (nSPS) is 10.0. The van der Waals surface area contributed by atoms with Crippen LogP contribution in [0.4, 0.5) is 11.4 Å². The van der Waals surface area contributed by atoms with Crippen LogP contribution in [0.2, 0.25) is 0 Å². The molecule has 1 rings (SSSR count). The molecule has 4 N–H and O–H groups in total. The maximum atomic E-state index is 5.34. The van der Waals surface area contributed by atoms with Crippen LogP contribution in [-0.4, -0.2) is 19.0 Å². The summed E-state index contributed by atoms with van der Waals surface area (Å²) in [6, 6.07) is 8.00. The molecule has 1 aromatic carbocycles. The van der Waals surface area contributed by atoms with Crippen molar-refractivity contribution in [3.63, 3.8) is 0 Å². The van der Waals surface area contributed by atoms with Gasteiger partial charge in [0.2, 0.25) is 0 Å². The standard InChI is InChI=1S/C13H22N4/c1-3-9-17(10-4-2)12-7-5-11(6-8-12)16-13(14)15/h5-8H,3-4,9-10H2,1-2H3,(H4,14,15,16). The molecule has 0 radical (unpaired) electrons. The van der Waals surface area contributed by atoms with Gasteiger partial charge in [0.1, 0.15) is 0 Å². The minimum absolute atomic E-state index is 0.0942. The molecule has 0 amide bonds. The number of anilines is 1. The van der Waals surface area contributed by atoms with Crippen LogP contribution in [0.25, 0.3) is 0 Å². The molecule has 4 heteroatoms. The summed E-state index contributed by atoms with van der Waals surface area (Å²) in [6.45, 7) is 6.54. The summed E-state index contributed by atoms with van der Waals surface area (Å²) < 4.78 is 0. The number of nitrogens with two attached hydrogens (primary N) is 2. The SMILES string of the molecule is CCCN(CCC)c1ccc(N=C(N)N)cc1. The smallest absolute Gasteiger partial charge is 0.191 e. The summed E-state index contributed by atoms with van der Waals surface area (Å²) in [5.41, 5.74) is 12.7. The zero-order chi connectivity index (χ0) is 12.7. The lowest BCUT2D eigenvalue weighted by atomic mass is 10.2. The van der Waals surface area contributed by atoms with Crippen LogP contribution in [0.5, 0.6) is 0 Å². The second-order valence-corrected chi connectivity index (χ2v) is 4.04. The van der Waals surface area contributed by atoms with Gasteiger partial charge in [-0.25, -0.2) is 4.99 Å². The molecule has 0 aliphatic heterocycles. The fourth-order valence-corrected chi connectivity index (χ4v) is 1.80. The molecule has 17 heavy (non-hydrogen) atoms. The summed E-state index contributed by atoms with van der Waals surface area (Å²) in [4.78, 5) is 6.38. The van der Waals surface area contributed by atoms with Crippen LogP contribution >= 0.6 is 0 Å². The predicted molar refractivity (Wildman–Crippen MR) is 74.7 cm³/mol.